The molecule has 0 aromatic heterocycles. The molecule has 2 aromatic rings. The van der Waals surface area contributed by atoms with Gasteiger partial charge in [0.1, 0.15) is 12.4 Å². The normalized spacial score (nSPS) is 14.6. The highest BCUT2D eigenvalue weighted by molar-refractivity contribution is 6.30. The molecule has 1 N–H and O–H groups in total. The van der Waals surface area contributed by atoms with E-state index in [0.717, 1.165) is 35.8 Å². The number of nitrogens with one attached hydrogen (secondary N) is 1. The summed E-state index contributed by atoms with van der Waals surface area (Å²) in [5.74, 6) is 0.892. The van der Waals surface area contributed by atoms with Gasteiger partial charge in [-0.3, -0.25) is 0 Å². The average Bonchev–Trinajstić information content (AvgIpc) is 2.56. The number of halogens is 1. The molecular formula is C18H18ClNO. The highest BCUT2D eigenvalue weighted by Gasteiger charge is 2.05. The Kier molecular flexibility index (Phi) is 4.59. The van der Waals surface area contributed by atoms with Gasteiger partial charge in [0, 0.05) is 11.6 Å². The molecule has 0 amide bonds. The van der Waals surface area contributed by atoms with Crippen molar-refractivity contribution in [3.05, 3.63) is 70.8 Å². The molecule has 0 unspecified atom stereocenters. The molecule has 2 aromatic carbocycles. The van der Waals surface area contributed by atoms with E-state index in [4.69, 9.17) is 16.3 Å². The molecular weight excluding hydrogens is 282 g/mol. The summed E-state index contributed by atoms with van der Waals surface area (Å²) in [5.41, 5.74) is 3.82. The third-order valence-corrected chi connectivity index (χ3v) is 3.86. The fourth-order valence-electron chi connectivity index (χ4n) is 2.40. The van der Waals surface area contributed by atoms with E-state index in [1.165, 1.54) is 11.1 Å². The Morgan fingerprint density at radius 3 is 2.43 bits per heavy atom. The largest absolute Gasteiger partial charge is 0.489 e. The molecule has 3 rings (SSSR count). The van der Waals surface area contributed by atoms with E-state index >= 15 is 0 Å². The maximum absolute atomic E-state index is 5.87. The van der Waals surface area contributed by atoms with Crippen molar-refractivity contribution in [2.45, 2.75) is 13.0 Å². The van der Waals surface area contributed by atoms with Gasteiger partial charge in [-0.15, -0.1) is 0 Å². The molecule has 1 heterocycles. The van der Waals surface area contributed by atoms with E-state index in [0.29, 0.717) is 6.61 Å². The molecule has 0 spiro atoms. The van der Waals surface area contributed by atoms with Crippen molar-refractivity contribution in [1.29, 1.82) is 0 Å². The van der Waals surface area contributed by atoms with Crippen molar-refractivity contribution in [2.75, 3.05) is 13.1 Å². The van der Waals surface area contributed by atoms with Crippen molar-refractivity contribution in [3.8, 4) is 5.75 Å². The number of ether oxygens (including phenoxy) is 1. The second kappa shape index (κ2) is 6.79. The van der Waals surface area contributed by atoms with Gasteiger partial charge in [-0.05, 0) is 53.9 Å². The van der Waals surface area contributed by atoms with Crippen LogP contribution < -0.4 is 10.1 Å². The lowest BCUT2D eigenvalue weighted by molar-refractivity contribution is 0.306. The summed E-state index contributed by atoms with van der Waals surface area (Å²) in [6.45, 7) is 2.58. The van der Waals surface area contributed by atoms with Crippen LogP contribution in [0.2, 0.25) is 5.02 Å². The van der Waals surface area contributed by atoms with Crippen LogP contribution in [0.15, 0.2) is 54.6 Å². The van der Waals surface area contributed by atoms with E-state index in [-0.39, 0.29) is 0 Å². The van der Waals surface area contributed by atoms with Crippen LogP contribution in [0, 0.1) is 0 Å². The second-order valence-electron chi connectivity index (χ2n) is 5.12. The number of hydrogen-bond acceptors (Lipinski definition) is 2. The first-order chi connectivity index (χ1) is 10.3. The quantitative estimate of drug-likeness (QED) is 0.909. The number of rotatable bonds is 4. The highest BCUT2D eigenvalue weighted by atomic mass is 35.5. The van der Waals surface area contributed by atoms with Crippen molar-refractivity contribution in [2.24, 2.45) is 0 Å². The Hall–Kier alpha value is -1.77. The molecule has 1 aliphatic heterocycles. The lowest BCUT2D eigenvalue weighted by atomic mass is 10.0. The Morgan fingerprint density at radius 1 is 1.00 bits per heavy atom. The molecule has 0 saturated heterocycles. The Bertz CT molecular complexity index is 617. The van der Waals surface area contributed by atoms with Crippen LogP contribution in [0.25, 0.3) is 5.57 Å². The second-order valence-corrected chi connectivity index (χ2v) is 5.56. The predicted octanol–water partition coefficient (Wildman–Crippen LogP) is 4.30. The smallest absolute Gasteiger partial charge is 0.119 e. The van der Waals surface area contributed by atoms with Gasteiger partial charge in [-0.1, -0.05) is 41.9 Å². The standard InChI is InChI=1S/C18H18ClNO/c19-17-5-1-14(2-6-17)13-21-18-7-3-15(4-8-18)16-9-11-20-12-10-16/h1-9,20H,10-13H2. The summed E-state index contributed by atoms with van der Waals surface area (Å²) in [5, 5.41) is 4.08. The minimum atomic E-state index is 0.559. The minimum absolute atomic E-state index is 0.559. The number of benzene rings is 2. The fourth-order valence-corrected chi connectivity index (χ4v) is 2.52. The third-order valence-electron chi connectivity index (χ3n) is 3.61. The van der Waals surface area contributed by atoms with Gasteiger partial charge < -0.3 is 10.1 Å². The van der Waals surface area contributed by atoms with Gasteiger partial charge >= 0.3 is 0 Å². The van der Waals surface area contributed by atoms with Gasteiger partial charge in [-0.25, -0.2) is 0 Å². The molecule has 0 bridgehead atoms. The van der Waals surface area contributed by atoms with Gasteiger partial charge in [-0.2, -0.15) is 0 Å². The molecule has 1 aliphatic rings. The summed E-state index contributed by atoms with van der Waals surface area (Å²) in [6.07, 6.45) is 3.35. The molecule has 3 heteroatoms. The summed E-state index contributed by atoms with van der Waals surface area (Å²) in [6, 6.07) is 16.1. The van der Waals surface area contributed by atoms with Crippen LogP contribution in [0.3, 0.4) is 0 Å². The van der Waals surface area contributed by atoms with Crippen LogP contribution in [0.5, 0.6) is 5.75 Å². The van der Waals surface area contributed by atoms with Crippen molar-refractivity contribution in [1.82, 2.24) is 5.32 Å². The summed E-state index contributed by atoms with van der Waals surface area (Å²) < 4.78 is 5.80. The molecule has 21 heavy (non-hydrogen) atoms. The van der Waals surface area contributed by atoms with Crippen LogP contribution in [0.4, 0.5) is 0 Å². The lowest BCUT2D eigenvalue weighted by Crippen LogP contribution is -2.19. The highest BCUT2D eigenvalue weighted by Crippen LogP contribution is 2.23. The van der Waals surface area contributed by atoms with E-state index in [1.807, 2.05) is 36.4 Å². The predicted molar refractivity (Wildman–Crippen MR) is 87.7 cm³/mol. The maximum Gasteiger partial charge on any atom is 0.119 e. The Morgan fingerprint density at radius 2 is 1.76 bits per heavy atom. The van der Waals surface area contributed by atoms with Crippen molar-refractivity contribution >= 4 is 17.2 Å². The zero-order valence-electron chi connectivity index (χ0n) is 11.8. The van der Waals surface area contributed by atoms with Crippen LogP contribution in [-0.4, -0.2) is 13.1 Å². The SMILES string of the molecule is Clc1ccc(COc2ccc(C3=CCNCC3)cc2)cc1. The molecule has 0 radical (unpaired) electrons. The molecule has 0 aliphatic carbocycles. The van der Waals surface area contributed by atoms with Crippen LogP contribution in [0.1, 0.15) is 17.5 Å². The molecule has 0 saturated carbocycles. The fraction of sp³-hybridized carbons (Fsp3) is 0.222. The molecule has 108 valence electrons. The first-order valence-electron chi connectivity index (χ1n) is 7.19. The maximum atomic E-state index is 5.87. The van der Waals surface area contributed by atoms with Gasteiger partial charge in [0.15, 0.2) is 0 Å². The monoisotopic (exact) mass is 299 g/mol. The molecule has 2 nitrogen and oxygen atoms in total. The zero-order valence-corrected chi connectivity index (χ0v) is 12.6. The van der Waals surface area contributed by atoms with Gasteiger partial charge in [0.2, 0.25) is 0 Å². The van der Waals surface area contributed by atoms with E-state index in [1.54, 1.807) is 0 Å². The molecule has 0 atom stereocenters. The topological polar surface area (TPSA) is 21.3 Å². The minimum Gasteiger partial charge on any atom is -0.489 e. The summed E-state index contributed by atoms with van der Waals surface area (Å²) >= 11 is 5.87. The Balaban J connectivity index is 1.61. The van der Waals surface area contributed by atoms with E-state index in [9.17, 15) is 0 Å². The van der Waals surface area contributed by atoms with Gasteiger partial charge in [0.25, 0.3) is 0 Å². The number of hydrogen-bond donors (Lipinski definition) is 1. The average molecular weight is 300 g/mol. The first kappa shape index (κ1) is 14.2. The summed E-state index contributed by atoms with van der Waals surface area (Å²) in [7, 11) is 0. The zero-order chi connectivity index (χ0) is 14.5. The lowest BCUT2D eigenvalue weighted by Gasteiger charge is -2.14. The van der Waals surface area contributed by atoms with E-state index < -0.39 is 0 Å². The van der Waals surface area contributed by atoms with Crippen LogP contribution in [-0.2, 0) is 6.61 Å². The Labute approximate surface area is 130 Å². The van der Waals surface area contributed by atoms with Crippen LogP contribution >= 0.6 is 11.6 Å². The third kappa shape index (κ3) is 3.87. The summed E-state index contributed by atoms with van der Waals surface area (Å²) in [4.78, 5) is 0. The van der Waals surface area contributed by atoms with Crippen molar-refractivity contribution < 1.29 is 4.74 Å². The van der Waals surface area contributed by atoms with Gasteiger partial charge in [0.05, 0.1) is 0 Å². The first-order valence-corrected chi connectivity index (χ1v) is 7.56. The van der Waals surface area contributed by atoms with Crippen molar-refractivity contribution in [3.63, 3.8) is 0 Å². The van der Waals surface area contributed by atoms with E-state index in [2.05, 4.69) is 23.5 Å². The molecule has 0 fully saturated rings.